The normalized spacial score (nSPS) is 12.6. The highest BCUT2D eigenvalue weighted by atomic mass is 32.1. The van der Waals surface area contributed by atoms with Crippen LogP contribution in [-0.2, 0) is 11.8 Å². The van der Waals surface area contributed by atoms with Gasteiger partial charge in [0.05, 0.1) is 10.2 Å². The van der Waals surface area contributed by atoms with Gasteiger partial charge < -0.3 is 4.57 Å². The van der Waals surface area contributed by atoms with E-state index in [2.05, 4.69) is 4.99 Å². The molecule has 0 bridgehead atoms. The minimum Gasteiger partial charge on any atom is -0.317 e. The molecule has 3 rings (SSSR count). The second-order valence-corrected chi connectivity index (χ2v) is 6.32. The van der Waals surface area contributed by atoms with E-state index < -0.39 is 0 Å². The van der Waals surface area contributed by atoms with Crippen molar-refractivity contribution in [2.75, 3.05) is 0 Å². The number of hydrogen-bond donors (Lipinski definition) is 0. The molecule has 0 saturated heterocycles. The summed E-state index contributed by atoms with van der Waals surface area (Å²) in [6.45, 7) is 0. The van der Waals surface area contributed by atoms with Crippen LogP contribution in [0.15, 0.2) is 46.8 Å². The second-order valence-electron chi connectivity index (χ2n) is 4.33. The molecule has 6 heteroatoms. The van der Waals surface area contributed by atoms with Gasteiger partial charge in [-0.1, -0.05) is 23.5 Å². The van der Waals surface area contributed by atoms with E-state index in [9.17, 15) is 9.18 Å². The van der Waals surface area contributed by atoms with Crippen LogP contribution in [0.25, 0.3) is 16.3 Å². The fourth-order valence-electron chi connectivity index (χ4n) is 1.93. The molecular formula is C15H11FN2OS2. The maximum atomic E-state index is 13.8. The summed E-state index contributed by atoms with van der Waals surface area (Å²) >= 11 is 2.84. The molecule has 0 radical (unpaired) electrons. The lowest BCUT2D eigenvalue weighted by Crippen LogP contribution is -2.12. The van der Waals surface area contributed by atoms with E-state index in [1.54, 1.807) is 35.1 Å². The van der Waals surface area contributed by atoms with Gasteiger partial charge in [-0.25, -0.2) is 4.39 Å². The summed E-state index contributed by atoms with van der Waals surface area (Å²) < 4.78 is 16.2. The number of carbonyl (C=O) groups excluding carboxylic acids is 1. The Morgan fingerprint density at radius 3 is 2.90 bits per heavy atom. The van der Waals surface area contributed by atoms with Crippen molar-refractivity contribution >= 4 is 44.9 Å². The molecule has 0 aliphatic rings. The highest BCUT2D eigenvalue weighted by Crippen LogP contribution is 2.19. The maximum Gasteiger partial charge on any atom is 0.272 e. The molecule has 21 heavy (non-hydrogen) atoms. The highest BCUT2D eigenvalue weighted by Gasteiger charge is 2.07. The third kappa shape index (κ3) is 2.86. The van der Waals surface area contributed by atoms with Gasteiger partial charge in [-0.15, -0.1) is 11.3 Å². The van der Waals surface area contributed by atoms with Crippen molar-refractivity contribution in [3.8, 4) is 0 Å². The number of thiophene rings is 1. The number of thiazole rings is 1. The molecule has 0 aliphatic heterocycles. The summed E-state index contributed by atoms with van der Waals surface area (Å²) in [6, 6.07) is 8.70. The van der Waals surface area contributed by atoms with E-state index in [0.29, 0.717) is 10.3 Å². The van der Waals surface area contributed by atoms with Crippen LogP contribution < -0.4 is 4.80 Å². The monoisotopic (exact) mass is 318 g/mol. The van der Waals surface area contributed by atoms with Crippen LogP contribution in [-0.4, -0.2) is 10.5 Å². The van der Waals surface area contributed by atoms with Crippen molar-refractivity contribution in [1.82, 2.24) is 4.57 Å². The van der Waals surface area contributed by atoms with Crippen molar-refractivity contribution in [3.63, 3.8) is 0 Å². The minimum absolute atomic E-state index is 0.311. The molecule has 0 aliphatic carbocycles. The average molecular weight is 318 g/mol. The standard InChI is InChI=1S/C15H11FN2OS2/c1-18-14-11(16)5-2-6-12(14)21-15(18)17-13(19)8-7-10-4-3-9-20-10/h2-9H,1H3. The molecule has 0 N–H and O–H groups in total. The second kappa shape index (κ2) is 5.75. The number of hydrogen-bond acceptors (Lipinski definition) is 3. The zero-order chi connectivity index (χ0) is 14.8. The number of carbonyl (C=O) groups is 1. The summed E-state index contributed by atoms with van der Waals surface area (Å²) in [5, 5.41) is 1.94. The molecule has 2 heterocycles. The van der Waals surface area contributed by atoms with Crippen molar-refractivity contribution in [3.05, 3.63) is 57.3 Å². The molecule has 1 aromatic carbocycles. The number of amides is 1. The zero-order valence-corrected chi connectivity index (χ0v) is 12.7. The first-order chi connectivity index (χ1) is 10.1. The molecule has 2 aromatic heterocycles. The lowest BCUT2D eigenvalue weighted by molar-refractivity contribution is -0.113. The predicted octanol–water partition coefficient (Wildman–Crippen LogP) is 3.58. The Hall–Kier alpha value is -2.05. The molecule has 0 fully saturated rings. The van der Waals surface area contributed by atoms with E-state index in [1.165, 1.54) is 23.5 Å². The largest absolute Gasteiger partial charge is 0.317 e. The molecule has 0 unspecified atom stereocenters. The van der Waals surface area contributed by atoms with Crippen molar-refractivity contribution in [2.45, 2.75) is 0 Å². The molecule has 0 atom stereocenters. The number of para-hydroxylation sites is 1. The summed E-state index contributed by atoms with van der Waals surface area (Å²) in [6.07, 6.45) is 3.15. The Bertz CT molecular complexity index is 888. The smallest absolute Gasteiger partial charge is 0.272 e. The number of halogens is 1. The Morgan fingerprint density at radius 2 is 2.19 bits per heavy atom. The zero-order valence-electron chi connectivity index (χ0n) is 11.1. The van der Waals surface area contributed by atoms with E-state index in [1.807, 2.05) is 23.6 Å². The third-order valence-corrected chi connectivity index (χ3v) is 4.85. The van der Waals surface area contributed by atoms with Crippen molar-refractivity contribution < 1.29 is 9.18 Å². The van der Waals surface area contributed by atoms with Crippen LogP contribution in [0.4, 0.5) is 4.39 Å². The number of aryl methyl sites for hydroxylation is 1. The lowest BCUT2D eigenvalue weighted by atomic mass is 10.3. The van der Waals surface area contributed by atoms with Crippen LogP contribution in [0.1, 0.15) is 4.88 Å². The summed E-state index contributed by atoms with van der Waals surface area (Å²) in [5.74, 6) is -0.666. The molecule has 3 nitrogen and oxygen atoms in total. The van der Waals surface area contributed by atoms with Gasteiger partial charge in [0.2, 0.25) is 0 Å². The van der Waals surface area contributed by atoms with E-state index in [-0.39, 0.29) is 11.7 Å². The Kier molecular flexibility index (Phi) is 3.81. The van der Waals surface area contributed by atoms with Gasteiger partial charge in [0.25, 0.3) is 5.91 Å². The van der Waals surface area contributed by atoms with Gasteiger partial charge in [0.1, 0.15) is 5.82 Å². The molecule has 1 amide bonds. The summed E-state index contributed by atoms with van der Waals surface area (Å²) in [7, 11) is 1.71. The van der Waals surface area contributed by atoms with Crippen LogP contribution in [0.3, 0.4) is 0 Å². The Balaban J connectivity index is 1.98. The first kappa shape index (κ1) is 13.9. The Labute approximate surface area is 128 Å². The molecular weight excluding hydrogens is 307 g/mol. The molecule has 3 aromatic rings. The van der Waals surface area contributed by atoms with Gasteiger partial charge in [-0.3, -0.25) is 4.79 Å². The van der Waals surface area contributed by atoms with Gasteiger partial charge >= 0.3 is 0 Å². The first-order valence-electron chi connectivity index (χ1n) is 6.19. The average Bonchev–Trinajstić information content (AvgIpc) is 3.07. The predicted molar refractivity (Wildman–Crippen MR) is 84.7 cm³/mol. The van der Waals surface area contributed by atoms with Crippen molar-refractivity contribution in [2.24, 2.45) is 12.0 Å². The number of benzene rings is 1. The highest BCUT2D eigenvalue weighted by molar-refractivity contribution is 7.16. The molecule has 106 valence electrons. The van der Waals surface area contributed by atoms with E-state index in [0.717, 1.165) is 9.58 Å². The van der Waals surface area contributed by atoms with Gasteiger partial charge in [0.15, 0.2) is 4.80 Å². The minimum atomic E-state index is -0.356. The maximum absolute atomic E-state index is 13.8. The lowest BCUT2D eigenvalue weighted by Gasteiger charge is -1.95. The van der Waals surface area contributed by atoms with Crippen LogP contribution in [0.2, 0.25) is 0 Å². The van der Waals surface area contributed by atoms with Crippen LogP contribution in [0.5, 0.6) is 0 Å². The fraction of sp³-hybridized carbons (Fsp3) is 0.0667. The summed E-state index contributed by atoms with van der Waals surface area (Å²) in [4.78, 5) is 17.4. The molecule has 0 saturated carbocycles. The third-order valence-electron chi connectivity index (χ3n) is 2.91. The van der Waals surface area contributed by atoms with Gasteiger partial charge in [-0.2, -0.15) is 4.99 Å². The van der Waals surface area contributed by atoms with Crippen LogP contribution >= 0.6 is 22.7 Å². The molecule has 0 spiro atoms. The quantitative estimate of drug-likeness (QED) is 0.665. The van der Waals surface area contributed by atoms with Gasteiger partial charge in [0, 0.05) is 18.0 Å². The number of nitrogens with zero attached hydrogens (tertiary/aromatic N) is 2. The number of fused-ring (bicyclic) bond motifs is 1. The van der Waals surface area contributed by atoms with Crippen LogP contribution in [0, 0.1) is 5.82 Å². The van der Waals surface area contributed by atoms with E-state index >= 15 is 0 Å². The SMILES string of the molecule is Cn1c(=NC(=O)C=Cc2cccs2)sc2cccc(F)c21. The first-order valence-corrected chi connectivity index (χ1v) is 7.89. The number of aromatic nitrogens is 1. The number of rotatable bonds is 2. The van der Waals surface area contributed by atoms with Gasteiger partial charge in [-0.05, 0) is 29.7 Å². The van der Waals surface area contributed by atoms with E-state index in [4.69, 9.17) is 0 Å². The van der Waals surface area contributed by atoms with Crippen molar-refractivity contribution in [1.29, 1.82) is 0 Å². The topological polar surface area (TPSA) is 34.4 Å². The Morgan fingerprint density at radius 1 is 1.33 bits per heavy atom. The fourth-order valence-corrected chi connectivity index (χ4v) is 3.59. The summed E-state index contributed by atoms with van der Waals surface area (Å²) in [5.41, 5.74) is 0.469.